The summed E-state index contributed by atoms with van der Waals surface area (Å²) < 4.78 is 0. The van der Waals surface area contributed by atoms with Crippen LogP contribution in [0.5, 0.6) is 0 Å². The molecule has 1 heterocycles. The van der Waals surface area contributed by atoms with E-state index in [2.05, 4.69) is 10.3 Å². The van der Waals surface area contributed by atoms with Crippen LogP contribution < -0.4 is 5.32 Å². The van der Waals surface area contributed by atoms with Gasteiger partial charge in [0.15, 0.2) is 0 Å². The summed E-state index contributed by atoms with van der Waals surface area (Å²) in [5.74, 6) is 0.322. The summed E-state index contributed by atoms with van der Waals surface area (Å²) in [6, 6.07) is 3.27. The molecule has 1 aromatic rings. The summed E-state index contributed by atoms with van der Waals surface area (Å²) in [6.45, 7) is 3.75. The number of hydrogen-bond acceptors (Lipinski definition) is 2. The van der Waals surface area contributed by atoms with E-state index in [0.29, 0.717) is 16.4 Å². The summed E-state index contributed by atoms with van der Waals surface area (Å²) in [5.41, 5.74) is 0.680. The zero-order valence-corrected chi connectivity index (χ0v) is 9.51. The number of carbonyl (C=O) groups is 1. The summed E-state index contributed by atoms with van der Waals surface area (Å²) in [4.78, 5) is 15.5. The summed E-state index contributed by atoms with van der Waals surface area (Å²) in [7, 11) is 0. The van der Waals surface area contributed by atoms with Gasteiger partial charge in [-0.2, -0.15) is 0 Å². The lowest BCUT2D eigenvalue weighted by Crippen LogP contribution is -2.13. The van der Waals surface area contributed by atoms with Crippen LogP contribution in [0.1, 0.15) is 20.3 Å². The maximum atomic E-state index is 11.6. The Hall–Kier alpha value is -1.35. The second-order valence-corrected chi connectivity index (χ2v) is 3.55. The van der Waals surface area contributed by atoms with Crippen molar-refractivity contribution in [1.29, 1.82) is 0 Å². The number of nitrogens with one attached hydrogen (secondary N) is 1. The third-order valence-corrected chi connectivity index (χ3v) is 2.07. The molecule has 0 spiro atoms. The number of pyridine rings is 1. The molecular formula is C11H13ClN2O. The van der Waals surface area contributed by atoms with Crippen molar-refractivity contribution in [2.24, 2.45) is 0 Å². The van der Waals surface area contributed by atoms with Crippen LogP contribution in [0.15, 0.2) is 30.0 Å². The van der Waals surface area contributed by atoms with Crippen molar-refractivity contribution >= 4 is 23.3 Å². The van der Waals surface area contributed by atoms with Gasteiger partial charge in [-0.3, -0.25) is 4.79 Å². The number of rotatable bonds is 3. The normalized spacial score (nSPS) is 11.3. The molecule has 1 amide bonds. The first-order valence-electron chi connectivity index (χ1n) is 4.73. The van der Waals surface area contributed by atoms with Crippen LogP contribution in [0.4, 0.5) is 5.82 Å². The molecule has 4 heteroatoms. The van der Waals surface area contributed by atoms with E-state index >= 15 is 0 Å². The highest BCUT2D eigenvalue weighted by Gasteiger charge is 2.04. The van der Waals surface area contributed by atoms with Gasteiger partial charge in [-0.25, -0.2) is 4.98 Å². The summed E-state index contributed by atoms with van der Waals surface area (Å²) >= 11 is 5.76. The highest BCUT2D eigenvalue weighted by molar-refractivity contribution is 6.30. The van der Waals surface area contributed by atoms with Gasteiger partial charge in [0.05, 0.1) is 0 Å². The van der Waals surface area contributed by atoms with E-state index in [4.69, 9.17) is 11.6 Å². The van der Waals surface area contributed by atoms with Crippen molar-refractivity contribution in [2.75, 3.05) is 5.32 Å². The van der Waals surface area contributed by atoms with E-state index in [9.17, 15) is 4.79 Å². The molecule has 0 aliphatic carbocycles. The van der Waals surface area contributed by atoms with Crippen LogP contribution in [0.25, 0.3) is 0 Å². The highest BCUT2D eigenvalue weighted by Crippen LogP contribution is 2.12. The molecule has 0 saturated heterocycles. The van der Waals surface area contributed by atoms with Gasteiger partial charge < -0.3 is 5.32 Å². The van der Waals surface area contributed by atoms with Crippen molar-refractivity contribution < 1.29 is 4.79 Å². The van der Waals surface area contributed by atoms with Crippen LogP contribution in [0.2, 0.25) is 5.02 Å². The molecule has 0 saturated carbocycles. The molecule has 0 atom stereocenters. The molecule has 0 aliphatic heterocycles. The predicted octanol–water partition coefficient (Wildman–Crippen LogP) is 3.03. The Balaban J connectivity index is 2.70. The minimum absolute atomic E-state index is 0.147. The van der Waals surface area contributed by atoms with Crippen LogP contribution >= 0.6 is 11.6 Å². The molecule has 1 N–H and O–H groups in total. The molecule has 0 aromatic carbocycles. The summed E-state index contributed by atoms with van der Waals surface area (Å²) in [6.07, 6.45) is 4.25. The number of halogens is 1. The largest absolute Gasteiger partial charge is 0.307 e. The molecule has 0 aliphatic rings. The van der Waals surface area contributed by atoms with Crippen molar-refractivity contribution in [3.63, 3.8) is 0 Å². The highest BCUT2D eigenvalue weighted by atomic mass is 35.5. The van der Waals surface area contributed by atoms with Gasteiger partial charge in [0.2, 0.25) is 0 Å². The fraction of sp³-hybridized carbons (Fsp3) is 0.273. The Morgan fingerprint density at radius 1 is 1.67 bits per heavy atom. The average molecular weight is 225 g/mol. The van der Waals surface area contributed by atoms with Crippen molar-refractivity contribution in [1.82, 2.24) is 4.98 Å². The SMILES string of the molecule is CC/C=C(/C)C(=O)Nc1cc(Cl)ccn1. The van der Waals surface area contributed by atoms with Gasteiger partial charge in [0, 0.05) is 16.8 Å². The second-order valence-electron chi connectivity index (χ2n) is 3.11. The molecule has 80 valence electrons. The van der Waals surface area contributed by atoms with Gasteiger partial charge in [-0.1, -0.05) is 24.6 Å². The van der Waals surface area contributed by atoms with Crippen molar-refractivity contribution in [3.05, 3.63) is 35.0 Å². The minimum atomic E-state index is -0.147. The van der Waals surface area contributed by atoms with Crippen LogP contribution in [-0.4, -0.2) is 10.9 Å². The zero-order valence-electron chi connectivity index (χ0n) is 8.75. The molecule has 0 bridgehead atoms. The third-order valence-electron chi connectivity index (χ3n) is 1.83. The molecule has 0 fully saturated rings. The Morgan fingerprint density at radius 3 is 3.00 bits per heavy atom. The summed E-state index contributed by atoms with van der Waals surface area (Å²) in [5, 5.41) is 3.22. The molecule has 0 radical (unpaired) electrons. The molecule has 3 nitrogen and oxygen atoms in total. The lowest BCUT2D eigenvalue weighted by atomic mass is 10.2. The van der Waals surface area contributed by atoms with Crippen LogP contribution in [0.3, 0.4) is 0 Å². The number of amides is 1. The third kappa shape index (κ3) is 3.72. The van der Waals surface area contributed by atoms with E-state index in [1.165, 1.54) is 0 Å². The van der Waals surface area contributed by atoms with Crippen LogP contribution in [0, 0.1) is 0 Å². The van der Waals surface area contributed by atoms with Gasteiger partial charge in [0.25, 0.3) is 5.91 Å². The van der Waals surface area contributed by atoms with E-state index in [-0.39, 0.29) is 5.91 Å². The minimum Gasteiger partial charge on any atom is -0.307 e. The average Bonchev–Trinajstić information content (AvgIpc) is 2.18. The smallest absolute Gasteiger partial charge is 0.252 e. The Labute approximate surface area is 94.2 Å². The van der Waals surface area contributed by atoms with E-state index in [0.717, 1.165) is 6.42 Å². The van der Waals surface area contributed by atoms with Crippen LogP contribution in [-0.2, 0) is 4.79 Å². The maximum Gasteiger partial charge on any atom is 0.252 e. The first kappa shape index (κ1) is 11.7. The van der Waals surface area contributed by atoms with Gasteiger partial charge in [0.1, 0.15) is 5.82 Å². The maximum absolute atomic E-state index is 11.6. The van der Waals surface area contributed by atoms with Gasteiger partial charge >= 0.3 is 0 Å². The first-order valence-corrected chi connectivity index (χ1v) is 5.11. The topological polar surface area (TPSA) is 42.0 Å². The van der Waals surface area contributed by atoms with Gasteiger partial charge in [-0.05, 0) is 25.5 Å². The van der Waals surface area contributed by atoms with Crippen molar-refractivity contribution in [3.8, 4) is 0 Å². The molecule has 15 heavy (non-hydrogen) atoms. The Morgan fingerprint density at radius 2 is 2.40 bits per heavy atom. The van der Waals surface area contributed by atoms with E-state index < -0.39 is 0 Å². The lowest BCUT2D eigenvalue weighted by Gasteiger charge is -2.04. The lowest BCUT2D eigenvalue weighted by molar-refractivity contribution is -0.112. The quantitative estimate of drug-likeness (QED) is 0.802. The number of allylic oxidation sites excluding steroid dienone is 1. The predicted molar refractivity (Wildman–Crippen MR) is 61.9 cm³/mol. The fourth-order valence-corrected chi connectivity index (χ4v) is 1.25. The van der Waals surface area contributed by atoms with Crippen molar-refractivity contribution in [2.45, 2.75) is 20.3 Å². The standard InChI is InChI=1S/C11H13ClN2O/c1-3-4-8(2)11(15)14-10-7-9(12)5-6-13-10/h4-7H,3H2,1-2H3,(H,13,14,15)/b8-4-. The Kier molecular flexibility index (Phi) is 4.31. The Bertz CT molecular complexity index is 388. The second kappa shape index (κ2) is 5.51. The number of carbonyl (C=O) groups excluding carboxylic acids is 1. The number of nitrogens with zero attached hydrogens (tertiary/aromatic N) is 1. The van der Waals surface area contributed by atoms with E-state index in [1.54, 1.807) is 25.3 Å². The van der Waals surface area contributed by atoms with Gasteiger partial charge in [-0.15, -0.1) is 0 Å². The number of anilines is 1. The fourth-order valence-electron chi connectivity index (χ4n) is 1.09. The molecular weight excluding hydrogens is 212 g/mol. The molecule has 0 unspecified atom stereocenters. The monoisotopic (exact) mass is 224 g/mol. The number of hydrogen-bond donors (Lipinski definition) is 1. The first-order chi connectivity index (χ1) is 7.13. The number of aromatic nitrogens is 1. The molecule has 1 aromatic heterocycles. The zero-order chi connectivity index (χ0) is 11.3. The molecule has 1 rings (SSSR count). The van der Waals surface area contributed by atoms with E-state index in [1.807, 2.05) is 13.0 Å².